The van der Waals surface area contributed by atoms with Gasteiger partial charge in [0.1, 0.15) is 0 Å². The van der Waals surface area contributed by atoms with Crippen LogP contribution in [0.5, 0.6) is 0 Å². The van der Waals surface area contributed by atoms with Crippen LogP contribution < -0.4 is 0 Å². The second-order valence-electron chi connectivity index (χ2n) is 3.69. The number of Topliss-reactive ketones (excluding diaryl/α,β-unsaturated/α-hetero) is 1. The van der Waals surface area contributed by atoms with Gasteiger partial charge in [0.25, 0.3) is 0 Å². The standard InChI is InChI=1S/C11H13BrO2/c1-11(2,14)9-5-3-8(4-6-9)10(13)7-12/h3-6,14H,7H2,1-2H3. The van der Waals surface area contributed by atoms with E-state index in [1.54, 1.807) is 38.1 Å². The molecular formula is C11H13BrO2. The lowest BCUT2D eigenvalue weighted by molar-refractivity contribution is 0.0785. The van der Waals surface area contributed by atoms with Crippen molar-refractivity contribution in [2.45, 2.75) is 19.4 Å². The molecule has 0 aromatic heterocycles. The Hall–Kier alpha value is -0.670. The molecule has 0 unspecified atom stereocenters. The summed E-state index contributed by atoms with van der Waals surface area (Å²) in [6.07, 6.45) is 0. The fourth-order valence-electron chi connectivity index (χ4n) is 1.14. The molecule has 1 N–H and O–H groups in total. The third kappa shape index (κ3) is 2.66. The summed E-state index contributed by atoms with van der Waals surface area (Å²) >= 11 is 3.11. The second kappa shape index (κ2) is 4.24. The van der Waals surface area contributed by atoms with Gasteiger partial charge in [-0.3, -0.25) is 4.79 Å². The quantitative estimate of drug-likeness (QED) is 0.667. The molecule has 0 fully saturated rings. The Balaban J connectivity index is 2.95. The van der Waals surface area contributed by atoms with Crippen molar-refractivity contribution in [3.63, 3.8) is 0 Å². The predicted octanol–water partition coefficient (Wildman–Crippen LogP) is 2.49. The largest absolute Gasteiger partial charge is 0.386 e. The summed E-state index contributed by atoms with van der Waals surface area (Å²) in [4.78, 5) is 11.3. The number of halogens is 1. The molecule has 14 heavy (non-hydrogen) atoms. The maximum absolute atomic E-state index is 11.3. The van der Waals surface area contributed by atoms with Gasteiger partial charge in [-0.15, -0.1) is 0 Å². The Morgan fingerprint density at radius 2 is 1.86 bits per heavy atom. The Labute approximate surface area is 92.1 Å². The summed E-state index contributed by atoms with van der Waals surface area (Å²) in [6.45, 7) is 3.43. The Morgan fingerprint density at radius 3 is 2.21 bits per heavy atom. The zero-order valence-corrected chi connectivity index (χ0v) is 9.84. The van der Waals surface area contributed by atoms with Crippen LogP contribution in [-0.4, -0.2) is 16.2 Å². The molecule has 0 saturated heterocycles. The normalized spacial score (nSPS) is 11.4. The highest BCUT2D eigenvalue weighted by Gasteiger charge is 2.15. The monoisotopic (exact) mass is 256 g/mol. The molecule has 0 saturated carbocycles. The molecule has 0 spiro atoms. The van der Waals surface area contributed by atoms with Crippen molar-refractivity contribution < 1.29 is 9.90 Å². The molecule has 76 valence electrons. The first kappa shape index (κ1) is 11.4. The number of hydrogen-bond donors (Lipinski definition) is 1. The van der Waals surface area contributed by atoms with Crippen LogP contribution in [0, 0.1) is 0 Å². The molecule has 1 aromatic carbocycles. The van der Waals surface area contributed by atoms with Crippen LogP contribution in [0.2, 0.25) is 0 Å². The average Bonchev–Trinajstić information content (AvgIpc) is 2.15. The molecule has 1 aromatic rings. The highest BCUT2D eigenvalue weighted by Crippen LogP contribution is 2.19. The van der Waals surface area contributed by atoms with Crippen LogP contribution in [0.3, 0.4) is 0 Å². The van der Waals surface area contributed by atoms with E-state index in [0.29, 0.717) is 10.9 Å². The molecular weight excluding hydrogens is 244 g/mol. The van der Waals surface area contributed by atoms with Gasteiger partial charge >= 0.3 is 0 Å². The van der Waals surface area contributed by atoms with Crippen molar-refractivity contribution in [1.82, 2.24) is 0 Å². The maximum Gasteiger partial charge on any atom is 0.173 e. The van der Waals surface area contributed by atoms with E-state index in [4.69, 9.17) is 0 Å². The number of alkyl halides is 1. The van der Waals surface area contributed by atoms with Crippen LogP contribution in [0.25, 0.3) is 0 Å². The van der Waals surface area contributed by atoms with Gasteiger partial charge in [0, 0.05) is 5.56 Å². The van der Waals surface area contributed by atoms with Crippen LogP contribution >= 0.6 is 15.9 Å². The molecule has 1 rings (SSSR count). The zero-order valence-electron chi connectivity index (χ0n) is 8.25. The van der Waals surface area contributed by atoms with Gasteiger partial charge < -0.3 is 5.11 Å². The summed E-state index contributed by atoms with van der Waals surface area (Å²) in [5, 5.41) is 10.0. The van der Waals surface area contributed by atoms with Crippen molar-refractivity contribution in [2.24, 2.45) is 0 Å². The number of benzene rings is 1. The molecule has 0 heterocycles. The van der Waals surface area contributed by atoms with E-state index in [9.17, 15) is 9.90 Å². The van der Waals surface area contributed by atoms with Gasteiger partial charge in [-0.25, -0.2) is 0 Å². The number of hydrogen-bond acceptors (Lipinski definition) is 2. The van der Waals surface area contributed by atoms with Crippen molar-refractivity contribution in [1.29, 1.82) is 0 Å². The third-order valence-electron chi connectivity index (χ3n) is 2.03. The van der Waals surface area contributed by atoms with Crippen LogP contribution in [-0.2, 0) is 5.60 Å². The first-order valence-electron chi connectivity index (χ1n) is 4.37. The van der Waals surface area contributed by atoms with Crippen molar-refractivity contribution in [2.75, 3.05) is 5.33 Å². The predicted molar refractivity (Wildman–Crippen MR) is 59.8 cm³/mol. The second-order valence-corrected chi connectivity index (χ2v) is 4.25. The summed E-state index contributed by atoms with van der Waals surface area (Å²) in [5.41, 5.74) is 0.620. The summed E-state index contributed by atoms with van der Waals surface area (Å²) < 4.78 is 0. The summed E-state index contributed by atoms with van der Waals surface area (Å²) in [5.74, 6) is 0.0484. The van der Waals surface area contributed by atoms with E-state index in [2.05, 4.69) is 15.9 Å². The fourth-order valence-corrected chi connectivity index (χ4v) is 1.46. The molecule has 0 aliphatic carbocycles. The maximum atomic E-state index is 11.3. The highest BCUT2D eigenvalue weighted by atomic mass is 79.9. The summed E-state index contributed by atoms with van der Waals surface area (Å²) in [7, 11) is 0. The molecule has 0 radical (unpaired) electrons. The molecule has 2 nitrogen and oxygen atoms in total. The fraction of sp³-hybridized carbons (Fsp3) is 0.364. The smallest absolute Gasteiger partial charge is 0.173 e. The first-order valence-corrected chi connectivity index (χ1v) is 5.49. The van der Waals surface area contributed by atoms with Crippen LogP contribution in [0.15, 0.2) is 24.3 Å². The van der Waals surface area contributed by atoms with Crippen LogP contribution in [0.4, 0.5) is 0 Å². The lowest BCUT2D eigenvalue weighted by atomic mass is 9.97. The molecule has 3 heteroatoms. The number of ketones is 1. The Kier molecular flexibility index (Phi) is 3.45. The average molecular weight is 257 g/mol. The van der Waals surface area contributed by atoms with E-state index >= 15 is 0 Å². The van der Waals surface area contributed by atoms with E-state index in [-0.39, 0.29) is 5.78 Å². The molecule has 0 atom stereocenters. The van der Waals surface area contributed by atoms with Gasteiger partial charge in [0.15, 0.2) is 5.78 Å². The van der Waals surface area contributed by atoms with Gasteiger partial charge in [-0.2, -0.15) is 0 Å². The molecule has 0 aliphatic heterocycles. The van der Waals surface area contributed by atoms with Gasteiger partial charge in [0.2, 0.25) is 0 Å². The van der Waals surface area contributed by atoms with E-state index in [1.165, 1.54) is 0 Å². The number of aliphatic hydroxyl groups is 1. The van der Waals surface area contributed by atoms with Gasteiger partial charge in [-0.05, 0) is 19.4 Å². The van der Waals surface area contributed by atoms with Crippen molar-refractivity contribution in [3.8, 4) is 0 Å². The van der Waals surface area contributed by atoms with E-state index in [1.807, 2.05) is 0 Å². The summed E-state index contributed by atoms with van der Waals surface area (Å²) in [6, 6.07) is 7.01. The minimum Gasteiger partial charge on any atom is -0.386 e. The number of rotatable bonds is 3. The van der Waals surface area contributed by atoms with E-state index < -0.39 is 5.60 Å². The zero-order chi connectivity index (χ0) is 10.8. The molecule has 0 bridgehead atoms. The molecule has 0 aliphatic rings. The van der Waals surface area contributed by atoms with Crippen molar-refractivity contribution in [3.05, 3.63) is 35.4 Å². The minimum absolute atomic E-state index is 0.0484. The Morgan fingerprint density at radius 1 is 1.36 bits per heavy atom. The van der Waals surface area contributed by atoms with Crippen LogP contribution in [0.1, 0.15) is 29.8 Å². The highest BCUT2D eigenvalue weighted by molar-refractivity contribution is 9.09. The first-order chi connectivity index (χ1) is 6.45. The minimum atomic E-state index is -0.851. The SMILES string of the molecule is CC(C)(O)c1ccc(C(=O)CBr)cc1. The Bertz CT molecular complexity index is 322. The number of carbonyl (C=O) groups excluding carboxylic acids is 1. The van der Waals surface area contributed by atoms with E-state index in [0.717, 1.165) is 5.56 Å². The van der Waals surface area contributed by atoms with Gasteiger partial charge in [0.05, 0.1) is 10.9 Å². The number of carbonyl (C=O) groups is 1. The third-order valence-corrected chi connectivity index (χ3v) is 2.54. The lowest BCUT2D eigenvalue weighted by Gasteiger charge is -2.17. The molecule has 0 amide bonds. The van der Waals surface area contributed by atoms with Crippen molar-refractivity contribution >= 4 is 21.7 Å². The topological polar surface area (TPSA) is 37.3 Å². The lowest BCUT2D eigenvalue weighted by Crippen LogP contribution is -2.15. The van der Waals surface area contributed by atoms with Gasteiger partial charge in [-0.1, -0.05) is 40.2 Å².